The van der Waals surface area contributed by atoms with Crippen molar-refractivity contribution in [2.75, 3.05) is 47.0 Å². The maximum atomic E-state index is 13.6. The van der Waals surface area contributed by atoms with E-state index in [9.17, 15) is 9.18 Å². The molecule has 0 saturated carbocycles. The van der Waals surface area contributed by atoms with Gasteiger partial charge in [-0.3, -0.25) is 4.79 Å². The molecule has 1 aliphatic heterocycles. The zero-order valence-electron chi connectivity index (χ0n) is 17.3. The van der Waals surface area contributed by atoms with Gasteiger partial charge in [0.15, 0.2) is 5.82 Å². The highest BCUT2D eigenvalue weighted by molar-refractivity contribution is 7.99. The first-order valence-electron chi connectivity index (χ1n) is 10.2. The molecule has 3 aromatic rings. The molecule has 0 spiro atoms. The Morgan fingerprint density at radius 1 is 1.00 bits per heavy atom. The average Bonchev–Trinajstić information content (AvgIpc) is 2.80. The van der Waals surface area contributed by atoms with Gasteiger partial charge in [0.2, 0.25) is 5.91 Å². The van der Waals surface area contributed by atoms with Crippen LogP contribution in [0, 0.1) is 12.7 Å². The van der Waals surface area contributed by atoms with E-state index in [0.717, 1.165) is 32.0 Å². The fourth-order valence-corrected chi connectivity index (χ4v) is 4.08. The second kappa shape index (κ2) is 9.78. The third-order valence-corrected chi connectivity index (χ3v) is 6.02. The highest BCUT2D eigenvalue weighted by Gasteiger charge is 2.19. The van der Waals surface area contributed by atoms with Crippen LogP contribution in [-0.2, 0) is 4.79 Å². The molecule has 2 heterocycles. The lowest BCUT2D eigenvalue weighted by Gasteiger charge is -2.36. The van der Waals surface area contributed by atoms with Crippen LogP contribution in [0.5, 0.6) is 0 Å². The maximum Gasteiger partial charge on any atom is 0.234 e. The number of para-hydroxylation sites is 1. The molecular weight excluding hydrogens is 413 g/mol. The fraction of sp³-hybridized carbons (Fsp3) is 0.261. The van der Waals surface area contributed by atoms with Crippen LogP contribution in [-0.4, -0.2) is 48.0 Å². The van der Waals surface area contributed by atoms with Crippen molar-refractivity contribution in [2.24, 2.45) is 0 Å². The summed E-state index contributed by atoms with van der Waals surface area (Å²) in [5.41, 5.74) is 2.70. The number of anilines is 3. The summed E-state index contributed by atoms with van der Waals surface area (Å²) in [5, 5.41) is 11.8. The Hall–Kier alpha value is -3.13. The number of carbonyl (C=O) groups excluding carboxylic acids is 1. The highest BCUT2D eigenvalue weighted by Crippen LogP contribution is 2.22. The minimum absolute atomic E-state index is 0.136. The Kier molecular flexibility index (Phi) is 6.66. The molecule has 1 fully saturated rings. The van der Waals surface area contributed by atoms with E-state index in [4.69, 9.17) is 0 Å². The molecule has 4 rings (SSSR count). The molecule has 1 N–H and O–H groups in total. The van der Waals surface area contributed by atoms with E-state index in [1.165, 1.54) is 35.1 Å². The van der Waals surface area contributed by atoms with Gasteiger partial charge in [0.05, 0.1) is 11.4 Å². The number of piperazine rings is 1. The molecule has 2 aromatic carbocycles. The van der Waals surface area contributed by atoms with E-state index in [1.807, 2.05) is 12.1 Å². The molecule has 0 bridgehead atoms. The number of benzene rings is 2. The van der Waals surface area contributed by atoms with Crippen LogP contribution in [0.3, 0.4) is 0 Å². The summed E-state index contributed by atoms with van der Waals surface area (Å²) in [5.74, 6) is 0.238. The van der Waals surface area contributed by atoms with Crippen LogP contribution >= 0.6 is 11.8 Å². The molecular formula is C23H24FN5OS. The molecule has 0 unspecified atom stereocenters. The molecule has 1 saturated heterocycles. The van der Waals surface area contributed by atoms with E-state index < -0.39 is 5.82 Å². The molecule has 6 nitrogen and oxygen atoms in total. The Balaban J connectivity index is 1.27. The van der Waals surface area contributed by atoms with Gasteiger partial charge in [-0.15, -0.1) is 10.2 Å². The lowest BCUT2D eigenvalue weighted by atomic mass is 10.2. The van der Waals surface area contributed by atoms with Crippen molar-refractivity contribution in [1.82, 2.24) is 10.2 Å². The van der Waals surface area contributed by atoms with Gasteiger partial charge in [-0.05, 0) is 48.9 Å². The number of hydrogen-bond acceptors (Lipinski definition) is 6. The fourth-order valence-electron chi connectivity index (χ4n) is 3.47. The van der Waals surface area contributed by atoms with Crippen molar-refractivity contribution in [3.05, 3.63) is 72.0 Å². The number of thioether (sulfide) groups is 1. The lowest BCUT2D eigenvalue weighted by molar-refractivity contribution is -0.113. The Labute approximate surface area is 185 Å². The van der Waals surface area contributed by atoms with Gasteiger partial charge in [-0.1, -0.05) is 36.0 Å². The molecule has 1 aliphatic rings. The van der Waals surface area contributed by atoms with E-state index in [0.29, 0.717) is 5.03 Å². The largest absolute Gasteiger partial charge is 0.368 e. The molecule has 31 heavy (non-hydrogen) atoms. The number of aromatic nitrogens is 2. The molecule has 160 valence electrons. The number of carbonyl (C=O) groups is 1. The molecule has 0 aliphatic carbocycles. The molecule has 0 atom stereocenters. The second-order valence-electron chi connectivity index (χ2n) is 7.36. The number of halogens is 1. The number of hydrogen-bond donors (Lipinski definition) is 1. The lowest BCUT2D eigenvalue weighted by Crippen LogP contribution is -2.46. The van der Waals surface area contributed by atoms with Gasteiger partial charge >= 0.3 is 0 Å². The summed E-state index contributed by atoms with van der Waals surface area (Å²) < 4.78 is 13.6. The molecule has 1 aromatic heterocycles. The zero-order valence-corrected chi connectivity index (χ0v) is 18.1. The molecule has 0 radical (unpaired) electrons. The Morgan fingerprint density at radius 3 is 2.48 bits per heavy atom. The van der Waals surface area contributed by atoms with E-state index in [1.54, 1.807) is 12.1 Å². The minimum Gasteiger partial charge on any atom is -0.368 e. The SMILES string of the molecule is Cc1cccc(N2CCN(c3ccc(SCC(=O)Nc4ccccc4F)nn3)CC2)c1. The highest BCUT2D eigenvalue weighted by atomic mass is 32.2. The summed E-state index contributed by atoms with van der Waals surface area (Å²) in [6, 6.07) is 18.5. The van der Waals surface area contributed by atoms with Gasteiger partial charge in [0, 0.05) is 31.9 Å². The van der Waals surface area contributed by atoms with Crippen LogP contribution in [0.2, 0.25) is 0 Å². The van der Waals surface area contributed by atoms with E-state index >= 15 is 0 Å². The number of amides is 1. The number of nitrogens with one attached hydrogen (secondary N) is 1. The summed E-state index contributed by atoms with van der Waals surface area (Å²) in [4.78, 5) is 16.7. The van der Waals surface area contributed by atoms with Crippen molar-refractivity contribution in [1.29, 1.82) is 0 Å². The predicted octanol–water partition coefficient (Wildman–Crippen LogP) is 3.98. The van der Waals surface area contributed by atoms with Crippen LogP contribution in [0.4, 0.5) is 21.6 Å². The van der Waals surface area contributed by atoms with E-state index in [-0.39, 0.29) is 17.3 Å². The molecule has 1 amide bonds. The first kappa shape index (κ1) is 21.1. The van der Waals surface area contributed by atoms with Crippen LogP contribution in [0.15, 0.2) is 65.7 Å². The second-order valence-corrected chi connectivity index (χ2v) is 8.36. The van der Waals surface area contributed by atoms with Gasteiger partial charge in [-0.25, -0.2) is 4.39 Å². The van der Waals surface area contributed by atoms with Crippen molar-refractivity contribution in [3.63, 3.8) is 0 Å². The monoisotopic (exact) mass is 437 g/mol. The Morgan fingerprint density at radius 2 is 1.77 bits per heavy atom. The van der Waals surface area contributed by atoms with Crippen molar-refractivity contribution < 1.29 is 9.18 Å². The molecule has 8 heteroatoms. The van der Waals surface area contributed by atoms with Crippen LogP contribution in [0.1, 0.15) is 5.56 Å². The predicted molar refractivity (Wildman–Crippen MR) is 123 cm³/mol. The van der Waals surface area contributed by atoms with Crippen molar-refractivity contribution in [3.8, 4) is 0 Å². The van der Waals surface area contributed by atoms with Crippen LogP contribution < -0.4 is 15.1 Å². The van der Waals surface area contributed by atoms with Gasteiger partial charge in [0.25, 0.3) is 0 Å². The third kappa shape index (κ3) is 5.52. The van der Waals surface area contributed by atoms with Crippen LogP contribution in [0.25, 0.3) is 0 Å². The normalized spacial score (nSPS) is 13.9. The van der Waals surface area contributed by atoms with Gasteiger partial charge in [-0.2, -0.15) is 0 Å². The summed E-state index contributed by atoms with van der Waals surface area (Å²) in [6.45, 7) is 5.72. The number of aryl methyl sites for hydroxylation is 1. The summed E-state index contributed by atoms with van der Waals surface area (Å²) in [6.07, 6.45) is 0. The summed E-state index contributed by atoms with van der Waals surface area (Å²) >= 11 is 1.27. The standard InChI is InChI=1S/C23H24FN5OS/c1-17-5-4-6-18(15-17)28-11-13-29(14-12-28)21-9-10-23(27-26-21)31-16-22(30)25-20-8-3-2-7-19(20)24/h2-10,15H,11-14,16H2,1H3,(H,25,30). The van der Waals surface area contributed by atoms with Crippen molar-refractivity contribution in [2.45, 2.75) is 11.9 Å². The smallest absolute Gasteiger partial charge is 0.234 e. The Bertz CT molecular complexity index is 1040. The first-order valence-corrected chi connectivity index (χ1v) is 11.1. The van der Waals surface area contributed by atoms with E-state index in [2.05, 4.69) is 56.5 Å². The average molecular weight is 438 g/mol. The minimum atomic E-state index is -0.451. The number of rotatable bonds is 6. The zero-order chi connectivity index (χ0) is 21.6. The first-order chi connectivity index (χ1) is 15.1. The third-order valence-electron chi connectivity index (χ3n) is 5.10. The summed E-state index contributed by atoms with van der Waals surface area (Å²) in [7, 11) is 0. The van der Waals surface area contributed by atoms with Gasteiger partial charge in [0.1, 0.15) is 10.8 Å². The van der Waals surface area contributed by atoms with Crippen molar-refractivity contribution >= 4 is 34.9 Å². The number of nitrogens with zero attached hydrogens (tertiary/aromatic N) is 4. The maximum absolute atomic E-state index is 13.6. The van der Waals surface area contributed by atoms with Gasteiger partial charge < -0.3 is 15.1 Å². The quantitative estimate of drug-likeness (QED) is 0.589. The topological polar surface area (TPSA) is 61.4 Å².